The Bertz CT molecular complexity index is 698. The topological polar surface area (TPSA) is 53.6 Å². The van der Waals surface area contributed by atoms with E-state index in [2.05, 4.69) is 10.6 Å². The van der Waals surface area contributed by atoms with Gasteiger partial charge in [-0.15, -0.1) is 0 Å². The van der Waals surface area contributed by atoms with E-state index >= 15 is 0 Å². The molecule has 134 valence electrons. The zero-order valence-electron chi connectivity index (χ0n) is 15.5. The first kappa shape index (κ1) is 18.8. The summed E-state index contributed by atoms with van der Waals surface area (Å²) in [6, 6.07) is 15.2. The maximum atomic E-state index is 12.4. The molecule has 0 heterocycles. The molecule has 5 heteroatoms. The van der Waals surface area contributed by atoms with Crippen molar-refractivity contribution < 1.29 is 9.53 Å². The van der Waals surface area contributed by atoms with Gasteiger partial charge in [0.1, 0.15) is 5.75 Å². The van der Waals surface area contributed by atoms with Crippen LogP contribution in [0.3, 0.4) is 0 Å². The fraction of sp³-hybridized carbons (Fsp3) is 0.350. The largest absolute Gasteiger partial charge is 0.496 e. The Kier molecular flexibility index (Phi) is 6.42. The molecule has 0 unspecified atom stereocenters. The molecule has 0 radical (unpaired) electrons. The third-order valence-corrected chi connectivity index (χ3v) is 4.15. The van der Waals surface area contributed by atoms with Crippen LogP contribution in [0.1, 0.15) is 25.5 Å². The van der Waals surface area contributed by atoms with Crippen molar-refractivity contribution in [2.24, 2.45) is 0 Å². The Hall–Kier alpha value is -2.53. The highest BCUT2D eigenvalue weighted by atomic mass is 16.5. The van der Waals surface area contributed by atoms with Crippen molar-refractivity contribution in [3.63, 3.8) is 0 Å². The summed E-state index contributed by atoms with van der Waals surface area (Å²) in [5.41, 5.74) is 2.91. The Morgan fingerprint density at radius 3 is 2.28 bits per heavy atom. The predicted molar refractivity (Wildman–Crippen MR) is 103 cm³/mol. The maximum Gasteiger partial charge on any atom is 0.241 e. The van der Waals surface area contributed by atoms with Gasteiger partial charge < -0.3 is 15.0 Å². The van der Waals surface area contributed by atoms with Crippen molar-refractivity contribution in [2.75, 3.05) is 31.4 Å². The molecule has 0 saturated heterocycles. The number of methoxy groups -OCH3 is 1. The molecule has 0 aliphatic rings. The smallest absolute Gasteiger partial charge is 0.241 e. The minimum absolute atomic E-state index is 0.00647. The number of amides is 1. The van der Waals surface area contributed by atoms with Crippen molar-refractivity contribution in [1.82, 2.24) is 5.32 Å². The summed E-state index contributed by atoms with van der Waals surface area (Å²) >= 11 is 0. The quantitative estimate of drug-likeness (QED) is 0.810. The Morgan fingerprint density at radius 2 is 1.68 bits per heavy atom. The second-order valence-electron chi connectivity index (χ2n) is 6.28. The van der Waals surface area contributed by atoms with Crippen LogP contribution < -0.4 is 20.3 Å². The van der Waals surface area contributed by atoms with Gasteiger partial charge in [-0.2, -0.15) is 0 Å². The van der Waals surface area contributed by atoms with E-state index in [0.717, 1.165) is 22.7 Å². The summed E-state index contributed by atoms with van der Waals surface area (Å²) in [5.74, 6) is 0.744. The van der Waals surface area contributed by atoms with E-state index in [1.54, 1.807) is 7.11 Å². The Balaban J connectivity index is 1.97. The molecule has 0 bridgehead atoms. The third-order valence-electron chi connectivity index (χ3n) is 4.15. The molecule has 2 atom stereocenters. The summed E-state index contributed by atoms with van der Waals surface area (Å²) in [7, 11) is 5.62. The van der Waals surface area contributed by atoms with Gasteiger partial charge in [0.15, 0.2) is 0 Å². The van der Waals surface area contributed by atoms with Gasteiger partial charge in [0, 0.05) is 37.1 Å². The molecule has 2 N–H and O–H groups in total. The molecular formula is C20H27N3O2. The number of nitrogens with one attached hydrogen (secondary N) is 2. The van der Waals surface area contributed by atoms with Crippen molar-refractivity contribution in [1.29, 1.82) is 0 Å². The molecule has 0 spiro atoms. The van der Waals surface area contributed by atoms with E-state index in [1.165, 1.54) is 0 Å². The van der Waals surface area contributed by atoms with Crippen LogP contribution in [0.15, 0.2) is 48.5 Å². The standard InChI is InChI=1S/C20H27N3O2/c1-14(18-8-6-7-9-19(18)25-5)21-15(2)20(24)22-16-10-12-17(13-11-16)23(3)4/h6-15,21H,1-5H3,(H,22,24)/t14-,15+/m0/s1. The van der Waals surface area contributed by atoms with Crippen LogP contribution in [0, 0.1) is 0 Å². The number of nitrogens with zero attached hydrogens (tertiary/aromatic N) is 1. The minimum Gasteiger partial charge on any atom is -0.496 e. The van der Waals surface area contributed by atoms with Crippen molar-refractivity contribution >= 4 is 17.3 Å². The number of carbonyl (C=O) groups excluding carboxylic acids is 1. The van der Waals surface area contributed by atoms with Gasteiger partial charge in [-0.3, -0.25) is 10.1 Å². The normalized spacial score (nSPS) is 13.0. The maximum absolute atomic E-state index is 12.4. The Labute approximate surface area is 150 Å². The number of rotatable bonds is 7. The number of ether oxygens (including phenoxy) is 1. The zero-order chi connectivity index (χ0) is 18.4. The van der Waals surface area contributed by atoms with Crippen LogP contribution in [0.4, 0.5) is 11.4 Å². The summed E-state index contributed by atoms with van der Waals surface area (Å²) < 4.78 is 5.39. The fourth-order valence-corrected chi connectivity index (χ4v) is 2.66. The van der Waals surface area contributed by atoms with Gasteiger partial charge in [0.25, 0.3) is 0 Å². The van der Waals surface area contributed by atoms with Crippen LogP contribution in [-0.2, 0) is 4.79 Å². The minimum atomic E-state index is -0.339. The Morgan fingerprint density at radius 1 is 1.04 bits per heavy atom. The fourth-order valence-electron chi connectivity index (χ4n) is 2.66. The van der Waals surface area contributed by atoms with Gasteiger partial charge in [0.05, 0.1) is 13.2 Å². The van der Waals surface area contributed by atoms with Crippen molar-refractivity contribution in [2.45, 2.75) is 25.9 Å². The van der Waals surface area contributed by atoms with Crippen molar-refractivity contribution in [3.05, 3.63) is 54.1 Å². The van der Waals surface area contributed by atoms with Gasteiger partial charge >= 0.3 is 0 Å². The van der Waals surface area contributed by atoms with Crippen molar-refractivity contribution in [3.8, 4) is 5.75 Å². The SMILES string of the molecule is COc1ccccc1[C@H](C)N[C@H](C)C(=O)Nc1ccc(N(C)C)cc1. The number of hydrogen-bond acceptors (Lipinski definition) is 4. The molecule has 0 saturated carbocycles. The lowest BCUT2D eigenvalue weighted by molar-refractivity contribution is -0.117. The van der Waals surface area contributed by atoms with E-state index in [-0.39, 0.29) is 18.0 Å². The van der Waals surface area contributed by atoms with Crippen LogP contribution in [0.5, 0.6) is 5.75 Å². The van der Waals surface area contributed by atoms with E-state index in [0.29, 0.717) is 0 Å². The molecule has 5 nitrogen and oxygen atoms in total. The molecule has 2 aromatic carbocycles. The number of anilines is 2. The molecule has 0 aliphatic carbocycles. The second kappa shape index (κ2) is 8.53. The average molecular weight is 341 g/mol. The molecule has 2 rings (SSSR count). The number of benzene rings is 2. The molecule has 25 heavy (non-hydrogen) atoms. The van der Waals surface area contributed by atoms with Gasteiger partial charge in [-0.05, 0) is 44.2 Å². The monoisotopic (exact) mass is 341 g/mol. The van der Waals surface area contributed by atoms with Crippen LogP contribution in [0.25, 0.3) is 0 Å². The van der Waals surface area contributed by atoms with Gasteiger partial charge in [-0.1, -0.05) is 18.2 Å². The number of para-hydroxylation sites is 1. The predicted octanol–water partition coefficient (Wildman–Crippen LogP) is 3.44. The zero-order valence-corrected chi connectivity index (χ0v) is 15.5. The summed E-state index contributed by atoms with van der Waals surface area (Å²) in [6.07, 6.45) is 0. The number of hydrogen-bond donors (Lipinski definition) is 2. The highest BCUT2D eigenvalue weighted by molar-refractivity contribution is 5.94. The summed E-state index contributed by atoms with van der Waals surface area (Å²) in [5, 5.41) is 6.26. The molecule has 0 aliphatic heterocycles. The van der Waals surface area contributed by atoms with E-state index < -0.39 is 0 Å². The summed E-state index contributed by atoms with van der Waals surface area (Å²) in [6.45, 7) is 3.88. The highest BCUT2D eigenvalue weighted by Crippen LogP contribution is 2.24. The molecule has 0 fully saturated rings. The second-order valence-corrected chi connectivity index (χ2v) is 6.28. The van der Waals surface area contributed by atoms with Crippen LogP contribution in [-0.4, -0.2) is 33.2 Å². The third kappa shape index (κ3) is 4.97. The molecule has 1 amide bonds. The molecule has 0 aromatic heterocycles. The summed E-state index contributed by atoms with van der Waals surface area (Å²) in [4.78, 5) is 14.5. The average Bonchev–Trinajstić information content (AvgIpc) is 2.61. The van der Waals surface area contributed by atoms with E-state index in [4.69, 9.17) is 4.74 Å². The molecule has 2 aromatic rings. The van der Waals surface area contributed by atoms with Gasteiger partial charge in [0.2, 0.25) is 5.91 Å². The first-order valence-electron chi connectivity index (χ1n) is 8.39. The first-order valence-corrected chi connectivity index (χ1v) is 8.39. The van der Waals surface area contributed by atoms with Gasteiger partial charge in [-0.25, -0.2) is 0 Å². The highest BCUT2D eigenvalue weighted by Gasteiger charge is 2.18. The lowest BCUT2D eigenvalue weighted by Crippen LogP contribution is -2.39. The molecular weight excluding hydrogens is 314 g/mol. The van der Waals surface area contributed by atoms with E-state index in [9.17, 15) is 4.79 Å². The first-order chi connectivity index (χ1) is 11.9. The lowest BCUT2D eigenvalue weighted by Gasteiger charge is -2.21. The number of carbonyl (C=O) groups is 1. The van der Waals surface area contributed by atoms with Crippen LogP contribution >= 0.6 is 0 Å². The van der Waals surface area contributed by atoms with Crippen LogP contribution in [0.2, 0.25) is 0 Å². The lowest BCUT2D eigenvalue weighted by atomic mass is 10.1. The van der Waals surface area contributed by atoms with E-state index in [1.807, 2.05) is 81.4 Å².